The van der Waals surface area contributed by atoms with Crippen LogP contribution in [0.3, 0.4) is 0 Å². The predicted octanol–water partition coefficient (Wildman–Crippen LogP) is 2.49. The highest BCUT2D eigenvalue weighted by atomic mass is 15.0. The van der Waals surface area contributed by atoms with E-state index in [9.17, 15) is 0 Å². The lowest BCUT2D eigenvalue weighted by Gasteiger charge is -2.14. The van der Waals surface area contributed by atoms with Gasteiger partial charge in [0.1, 0.15) is 0 Å². The standard InChI is InChI=1S/C15H21N3/c1-4-12-5-7-13(8-6-12)9-14(16-2)15-10-18(3)11-17-15/h5-8,10-11,14,16H,4,9H2,1-3H3. The summed E-state index contributed by atoms with van der Waals surface area (Å²) in [6.07, 6.45) is 5.98. The molecule has 0 saturated carbocycles. The van der Waals surface area contributed by atoms with Crippen molar-refractivity contribution >= 4 is 0 Å². The molecular formula is C15H21N3. The molecular weight excluding hydrogens is 222 g/mol. The van der Waals surface area contributed by atoms with Crippen LogP contribution >= 0.6 is 0 Å². The maximum atomic E-state index is 4.42. The van der Waals surface area contributed by atoms with Crippen molar-refractivity contribution in [2.75, 3.05) is 7.05 Å². The normalized spacial score (nSPS) is 12.6. The van der Waals surface area contributed by atoms with E-state index in [-0.39, 0.29) is 6.04 Å². The number of rotatable bonds is 5. The Balaban J connectivity index is 2.10. The largest absolute Gasteiger partial charge is 0.340 e. The van der Waals surface area contributed by atoms with Gasteiger partial charge < -0.3 is 9.88 Å². The minimum atomic E-state index is 0.277. The zero-order chi connectivity index (χ0) is 13.0. The molecule has 0 aliphatic heterocycles. The van der Waals surface area contributed by atoms with Crippen LogP contribution in [0.15, 0.2) is 36.8 Å². The lowest BCUT2D eigenvalue weighted by Crippen LogP contribution is -2.19. The third-order valence-corrected chi connectivity index (χ3v) is 3.30. The van der Waals surface area contributed by atoms with E-state index in [1.165, 1.54) is 11.1 Å². The molecule has 0 fully saturated rings. The zero-order valence-electron chi connectivity index (χ0n) is 11.4. The van der Waals surface area contributed by atoms with E-state index in [4.69, 9.17) is 0 Å². The lowest BCUT2D eigenvalue weighted by molar-refractivity contribution is 0.578. The molecule has 1 N–H and O–H groups in total. The summed E-state index contributed by atoms with van der Waals surface area (Å²) in [6, 6.07) is 9.12. The van der Waals surface area contributed by atoms with Crippen molar-refractivity contribution in [3.05, 3.63) is 53.6 Å². The molecule has 1 unspecified atom stereocenters. The molecule has 0 aliphatic carbocycles. The molecule has 18 heavy (non-hydrogen) atoms. The molecule has 1 aromatic carbocycles. The van der Waals surface area contributed by atoms with E-state index in [1.807, 2.05) is 25.0 Å². The average molecular weight is 243 g/mol. The summed E-state index contributed by atoms with van der Waals surface area (Å²) >= 11 is 0. The molecule has 0 radical (unpaired) electrons. The predicted molar refractivity (Wildman–Crippen MR) is 74.5 cm³/mol. The van der Waals surface area contributed by atoms with E-state index in [0.717, 1.165) is 18.5 Å². The lowest BCUT2D eigenvalue weighted by atomic mass is 10.0. The Kier molecular flexibility index (Phi) is 4.15. The summed E-state index contributed by atoms with van der Waals surface area (Å²) in [4.78, 5) is 4.42. The number of imidazole rings is 1. The highest BCUT2D eigenvalue weighted by Crippen LogP contribution is 2.16. The summed E-state index contributed by atoms with van der Waals surface area (Å²) < 4.78 is 1.99. The molecule has 1 atom stereocenters. The number of likely N-dealkylation sites (N-methyl/N-ethyl adjacent to an activating group) is 1. The summed E-state index contributed by atoms with van der Waals surface area (Å²) in [5, 5.41) is 3.33. The van der Waals surface area contributed by atoms with Gasteiger partial charge in [-0.3, -0.25) is 0 Å². The van der Waals surface area contributed by atoms with Crippen molar-refractivity contribution in [1.29, 1.82) is 0 Å². The van der Waals surface area contributed by atoms with Gasteiger partial charge in [0.15, 0.2) is 0 Å². The van der Waals surface area contributed by atoms with Crippen LogP contribution in [0, 0.1) is 0 Å². The van der Waals surface area contributed by atoms with Gasteiger partial charge in [0, 0.05) is 13.2 Å². The zero-order valence-corrected chi connectivity index (χ0v) is 11.4. The summed E-state index contributed by atoms with van der Waals surface area (Å²) in [7, 11) is 3.99. The van der Waals surface area contributed by atoms with Crippen LogP contribution in [0.1, 0.15) is 29.8 Å². The Labute approximate surface area is 109 Å². The molecule has 1 aromatic heterocycles. The van der Waals surface area contributed by atoms with Gasteiger partial charge in [0.25, 0.3) is 0 Å². The first-order valence-corrected chi connectivity index (χ1v) is 6.46. The van der Waals surface area contributed by atoms with E-state index in [2.05, 4.69) is 47.7 Å². The maximum Gasteiger partial charge on any atom is 0.0947 e. The molecule has 2 aromatic rings. The second-order valence-electron chi connectivity index (χ2n) is 4.68. The van der Waals surface area contributed by atoms with E-state index >= 15 is 0 Å². The van der Waals surface area contributed by atoms with Crippen molar-refractivity contribution < 1.29 is 0 Å². The fourth-order valence-electron chi connectivity index (χ4n) is 2.11. The molecule has 1 heterocycles. The van der Waals surface area contributed by atoms with Crippen LogP contribution < -0.4 is 5.32 Å². The molecule has 0 amide bonds. The monoisotopic (exact) mass is 243 g/mol. The summed E-state index contributed by atoms with van der Waals surface area (Å²) in [6.45, 7) is 2.18. The topological polar surface area (TPSA) is 29.9 Å². The molecule has 0 aliphatic rings. The van der Waals surface area contributed by atoms with Crippen LogP contribution in [0.4, 0.5) is 0 Å². The number of hydrogen-bond acceptors (Lipinski definition) is 2. The van der Waals surface area contributed by atoms with Crippen molar-refractivity contribution in [2.45, 2.75) is 25.8 Å². The summed E-state index contributed by atoms with van der Waals surface area (Å²) in [5.74, 6) is 0. The second-order valence-corrected chi connectivity index (χ2v) is 4.68. The molecule has 0 bridgehead atoms. The Morgan fingerprint density at radius 2 is 1.89 bits per heavy atom. The number of aryl methyl sites for hydroxylation is 2. The quantitative estimate of drug-likeness (QED) is 0.874. The van der Waals surface area contributed by atoms with Crippen LogP contribution in [0.2, 0.25) is 0 Å². The number of benzene rings is 1. The third kappa shape index (κ3) is 2.99. The van der Waals surface area contributed by atoms with Crippen molar-refractivity contribution in [2.24, 2.45) is 7.05 Å². The molecule has 0 spiro atoms. The first-order valence-electron chi connectivity index (χ1n) is 6.46. The Hall–Kier alpha value is -1.61. The smallest absolute Gasteiger partial charge is 0.0947 e. The van der Waals surface area contributed by atoms with E-state index in [1.54, 1.807) is 0 Å². The fourth-order valence-corrected chi connectivity index (χ4v) is 2.11. The molecule has 2 rings (SSSR count). The molecule has 3 nitrogen and oxygen atoms in total. The first kappa shape index (κ1) is 12.8. The van der Waals surface area contributed by atoms with Gasteiger partial charge in [-0.15, -0.1) is 0 Å². The van der Waals surface area contributed by atoms with Crippen LogP contribution in [-0.2, 0) is 19.9 Å². The average Bonchev–Trinajstić information content (AvgIpc) is 2.83. The van der Waals surface area contributed by atoms with Gasteiger partial charge in [-0.25, -0.2) is 4.98 Å². The van der Waals surface area contributed by atoms with Gasteiger partial charge in [-0.05, 0) is 31.0 Å². The molecule has 3 heteroatoms. The highest BCUT2D eigenvalue weighted by molar-refractivity contribution is 5.24. The van der Waals surface area contributed by atoms with Gasteiger partial charge in [-0.2, -0.15) is 0 Å². The Bertz CT molecular complexity index is 485. The van der Waals surface area contributed by atoms with Crippen LogP contribution in [0.5, 0.6) is 0 Å². The molecule has 0 saturated heterocycles. The minimum Gasteiger partial charge on any atom is -0.340 e. The maximum absolute atomic E-state index is 4.42. The number of nitrogens with one attached hydrogen (secondary N) is 1. The number of aromatic nitrogens is 2. The Morgan fingerprint density at radius 3 is 2.39 bits per heavy atom. The fraction of sp³-hybridized carbons (Fsp3) is 0.400. The SMILES string of the molecule is CCc1ccc(CC(NC)c2cn(C)cn2)cc1. The third-order valence-electron chi connectivity index (χ3n) is 3.30. The van der Waals surface area contributed by atoms with Crippen LogP contribution in [0.25, 0.3) is 0 Å². The van der Waals surface area contributed by atoms with E-state index < -0.39 is 0 Å². The van der Waals surface area contributed by atoms with E-state index in [0.29, 0.717) is 0 Å². The summed E-state index contributed by atoms with van der Waals surface area (Å²) in [5.41, 5.74) is 3.83. The number of hydrogen-bond donors (Lipinski definition) is 1. The van der Waals surface area contributed by atoms with Crippen molar-refractivity contribution in [1.82, 2.24) is 14.9 Å². The van der Waals surface area contributed by atoms with Gasteiger partial charge in [0.2, 0.25) is 0 Å². The van der Waals surface area contributed by atoms with Crippen molar-refractivity contribution in [3.8, 4) is 0 Å². The molecule has 96 valence electrons. The van der Waals surface area contributed by atoms with Crippen molar-refractivity contribution in [3.63, 3.8) is 0 Å². The Morgan fingerprint density at radius 1 is 1.22 bits per heavy atom. The number of nitrogens with zero attached hydrogens (tertiary/aromatic N) is 2. The van der Waals surface area contributed by atoms with Gasteiger partial charge in [0.05, 0.1) is 18.1 Å². The first-order chi connectivity index (χ1) is 8.72. The van der Waals surface area contributed by atoms with Gasteiger partial charge in [-0.1, -0.05) is 31.2 Å². The minimum absolute atomic E-state index is 0.277. The second kappa shape index (κ2) is 5.83. The van der Waals surface area contributed by atoms with Gasteiger partial charge >= 0.3 is 0 Å². The highest BCUT2D eigenvalue weighted by Gasteiger charge is 2.12. The van der Waals surface area contributed by atoms with Crippen LogP contribution in [-0.4, -0.2) is 16.6 Å².